The summed E-state index contributed by atoms with van der Waals surface area (Å²) in [5, 5.41) is 20.8. The van der Waals surface area contributed by atoms with Crippen LogP contribution in [0.5, 0.6) is 11.5 Å². The highest BCUT2D eigenvalue weighted by Crippen LogP contribution is 2.43. The maximum absolute atomic E-state index is 11.6. The fourth-order valence-electron chi connectivity index (χ4n) is 5.09. The molecular weight excluding hydrogens is 380 g/mol. The van der Waals surface area contributed by atoms with E-state index in [0.717, 1.165) is 62.5 Å². The highest BCUT2D eigenvalue weighted by atomic mass is 16.5. The Balaban J connectivity index is 1.66. The van der Waals surface area contributed by atoms with Crippen molar-refractivity contribution < 1.29 is 24.5 Å². The number of rotatable bonds is 10. The Morgan fingerprint density at radius 1 is 1.23 bits per heavy atom. The van der Waals surface area contributed by atoms with E-state index in [9.17, 15) is 15.0 Å². The number of carbonyl (C=O) groups excluding carboxylic acids is 1. The van der Waals surface area contributed by atoms with Gasteiger partial charge in [0.2, 0.25) is 0 Å². The van der Waals surface area contributed by atoms with Gasteiger partial charge in [0.15, 0.2) is 11.5 Å². The second kappa shape index (κ2) is 11.0. The molecule has 3 rings (SSSR count). The zero-order valence-electron chi connectivity index (χ0n) is 18.6. The standard InChI is InChI=1S/C25H38O5/c1-3-4-5-8-20(27)16-21(29-17(2)26)13-10-18-12-15-23(28)25-22(18)14-11-19-7-6-9-24(19)30-25/h12,15,19-21,24,27-28H,3-11,13-14,16H2,1-2H3. The van der Waals surface area contributed by atoms with E-state index in [1.807, 2.05) is 6.07 Å². The fraction of sp³-hybridized carbons (Fsp3) is 0.720. The van der Waals surface area contributed by atoms with Gasteiger partial charge in [-0.1, -0.05) is 32.3 Å². The molecular formula is C25H38O5. The number of phenolic OH excluding ortho intramolecular Hbond substituents is 1. The monoisotopic (exact) mass is 418 g/mol. The van der Waals surface area contributed by atoms with Gasteiger partial charge < -0.3 is 19.7 Å². The summed E-state index contributed by atoms with van der Waals surface area (Å²) in [6.07, 6.45) is 10.8. The lowest BCUT2D eigenvalue weighted by molar-refractivity contribution is -0.148. The average molecular weight is 419 g/mol. The predicted octanol–water partition coefficient (Wildman–Crippen LogP) is 5.08. The van der Waals surface area contributed by atoms with Gasteiger partial charge in [-0.25, -0.2) is 0 Å². The van der Waals surface area contributed by atoms with Gasteiger partial charge in [-0.15, -0.1) is 0 Å². The van der Waals surface area contributed by atoms with Crippen LogP contribution in [0.3, 0.4) is 0 Å². The van der Waals surface area contributed by atoms with Gasteiger partial charge in [-0.3, -0.25) is 4.79 Å². The van der Waals surface area contributed by atoms with Crippen molar-refractivity contribution in [3.8, 4) is 11.5 Å². The molecule has 1 aliphatic carbocycles. The first-order valence-corrected chi connectivity index (χ1v) is 11.8. The maximum Gasteiger partial charge on any atom is 0.302 e. The first kappa shape index (κ1) is 22.9. The summed E-state index contributed by atoms with van der Waals surface area (Å²) in [6.45, 7) is 3.57. The Morgan fingerprint density at radius 2 is 2.07 bits per heavy atom. The van der Waals surface area contributed by atoms with Crippen LogP contribution in [0.25, 0.3) is 0 Å². The Kier molecular flexibility index (Phi) is 8.43. The topological polar surface area (TPSA) is 76.0 Å². The smallest absolute Gasteiger partial charge is 0.302 e. The molecule has 4 atom stereocenters. The number of aromatic hydroxyl groups is 1. The molecule has 5 nitrogen and oxygen atoms in total. The number of aliphatic hydroxyl groups is 1. The molecule has 0 saturated heterocycles. The zero-order chi connectivity index (χ0) is 21.5. The molecule has 0 aromatic heterocycles. The van der Waals surface area contributed by atoms with E-state index in [-0.39, 0.29) is 23.9 Å². The summed E-state index contributed by atoms with van der Waals surface area (Å²) >= 11 is 0. The average Bonchev–Trinajstić information content (AvgIpc) is 3.06. The number of esters is 1. The van der Waals surface area contributed by atoms with Crippen LogP contribution in [0.1, 0.15) is 89.2 Å². The number of hydrogen-bond donors (Lipinski definition) is 2. The molecule has 168 valence electrons. The molecule has 0 amide bonds. The van der Waals surface area contributed by atoms with E-state index in [4.69, 9.17) is 9.47 Å². The summed E-state index contributed by atoms with van der Waals surface area (Å²) in [4.78, 5) is 11.6. The fourth-order valence-corrected chi connectivity index (χ4v) is 5.09. The third kappa shape index (κ3) is 6.13. The van der Waals surface area contributed by atoms with E-state index in [0.29, 0.717) is 24.5 Å². The number of hydrogen-bond acceptors (Lipinski definition) is 5. The second-order valence-corrected chi connectivity index (χ2v) is 9.09. The summed E-state index contributed by atoms with van der Waals surface area (Å²) in [5.74, 6) is 1.16. The largest absolute Gasteiger partial charge is 0.504 e. The quantitative estimate of drug-likeness (QED) is 0.409. The van der Waals surface area contributed by atoms with E-state index < -0.39 is 6.10 Å². The van der Waals surface area contributed by atoms with Gasteiger partial charge in [0.05, 0.1) is 6.10 Å². The lowest BCUT2D eigenvalue weighted by Gasteiger charge is -2.22. The first-order chi connectivity index (χ1) is 14.5. The van der Waals surface area contributed by atoms with Gasteiger partial charge in [-0.2, -0.15) is 0 Å². The highest BCUT2D eigenvalue weighted by molar-refractivity contribution is 5.66. The van der Waals surface area contributed by atoms with Crippen molar-refractivity contribution in [2.75, 3.05) is 0 Å². The summed E-state index contributed by atoms with van der Waals surface area (Å²) in [7, 11) is 0. The third-order valence-electron chi connectivity index (χ3n) is 6.70. The van der Waals surface area contributed by atoms with E-state index in [2.05, 4.69) is 6.92 Å². The van der Waals surface area contributed by atoms with Crippen molar-refractivity contribution in [2.24, 2.45) is 5.92 Å². The SMILES string of the molecule is CCCCCC(O)CC(CCc1ccc(O)c2c1CCC1CCCC1O2)OC(C)=O. The summed E-state index contributed by atoms with van der Waals surface area (Å²) < 4.78 is 11.8. The van der Waals surface area contributed by atoms with Crippen LogP contribution in [0.15, 0.2) is 12.1 Å². The van der Waals surface area contributed by atoms with E-state index in [1.165, 1.54) is 19.8 Å². The molecule has 1 aliphatic heterocycles. The van der Waals surface area contributed by atoms with Gasteiger partial charge in [0, 0.05) is 18.9 Å². The van der Waals surface area contributed by atoms with E-state index >= 15 is 0 Å². The number of benzene rings is 1. The van der Waals surface area contributed by atoms with Crippen molar-refractivity contribution in [3.05, 3.63) is 23.3 Å². The number of ether oxygens (including phenoxy) is 2. The molecule has 1 saturated carbocycles. The van der Waals surface area contributed by atoms with Crippen molar-refractivity contribution in [1.82, 2.24) is 0 Å². The van der Waals surface area contributed by atoms with Crippen LogP contribution < -0.4 is 4.74 Å². The van der Waals surface area contributed by atoms with Crippen LogP contribution >= 0.6 is 0 Å². The van der Waals surface area contributed by atoms with Crippen LogP contribution in [0, 0.1) is 5.92 Å². The number of fused-ring (bicyclic) bond motifs is 2. The minimum atomic E-state index is -0.444. The molecule has 0 radical (unpaired) electrons. The lowest BCUT2D eigenvalue weighted by atomic mass is 9.92. The molecule has 0 bridgehead atoms. The molecule has 2 aliphatic rings. The number of carbonyl (C=O) groups is 1. The third-order valence-corrected chi connectivity index (χ3v) is 6.70. The zero-order valence-corrected chi connectivity index (χ0v) is 18.6. The van der Waals surface area contributed by atoms with Crippen molar-refractivity contribution in [3.63, 3.8) is 0 Å². The van der Waals surface area contributed by atoms with Gasteiger partial charge >= 0.3 is 5.97 Å². The van der Waals surface area contributed by atoms with E-state index in [1.54, 1.807) is 6.07 Å². The number of phenols is 1. The van der Waals surface area contributed by atoms with Crippen molar-refractivity contribution in [1.29, 1.82) is 0 Å². The molecule has 30 heavy (non-hydrogen) atoms. The Bertz CT molecular complexity index is 701. The molecule has 1 fully saturated rings. The van der Waals surface area contributed by atoms with Crippen LogP contribution in [0.2, 0.25) is 0 Å². The van der Waals surface area contributed by atoms with Crippen molar-refractivity contribution in [2.45, 2.75) is 109 Å². The van der Waals surface area contributed by atoms with Crippen LogP contribution in [0.4, 0.5) is 0 Å². The Morgan fingerprint density at radius 3 is 2.83 bits per heavy atom. The molecule has 4 unspecified atom stereocenters. The molecule has 2 N–H and O–H groups in total. The van der Waals surface area contributed by atoms with Crippen molar-refractivity contribution >= 4 is 5.97 Å². The first-order valence-electron chi connectivity index (χ1n) is 11.8. The van der Waals surface area contributed by atoms with Crippen LogP contribution in [-0.4, -0.2) is 34.5 Å². The number of aryl methyl sites for hydroxylation is 1. The number of unbranched alkanes of at least 4 members (excludes halogenated alkanes) is 2. The minimum absolute atomic E-state index is 0.222. The second-order valence-electron chi connectivity index (χ2n) is 9.09. The highest BCUT2D eigenvalue weighted by Gasteiger charge is 2.33. The molecule has 1 aromatic rings. The Labute approximate surface area is 180 Å². The minimum Gasteiger partial charge on any atom is -0.504 e. The normalized spacial score (nSPS) is 22.4. The maximum atomic E-state index is 11.6. The van der Waals surface area contributed by atoms with Gasteiger partial charge in [0.25, 0.3) is 0 Å². The van der Waals surface area contributed by atoms with Crippen LogP contribution in [-0.2, 0) is 22.4 Å². The molecule has 1 heterocycles. The molecule has 5 heteroatoms. The Hall–Kier alpha value is -1.75. The summed E-state index contributed by atoms with van der Waals surface area (Å²) in [6, 6.07) is 3.70. The predicted molar refractivity (Wildman–Crippen MR) is 117 cm³/mol. The summed E-state index contributed by atoms with van der Waals surface area (Å²) in [5.41, 5.74) is 2.26. The van der Waals surface area contributed by atoms with Gasteiger partial charge in [0.1, 0.15) is 12.2 Å². The number of aliphatic hydroxyl groups excluding tert-OH is 1. The van der Waals surface area contributed by atoms with Gasteiger partial charge in [-0.05, 0) is 68.9 Å². The molecule has 1 aromatic carbocycles. The lowest BCUT2D eigenvalue weighted by Crippen LogP contribution is -2.24. The molecule has 0 spiro atoms.